The minimum atomic E-state index is 0.568. The van der Waals surface area contributed by atoms with Gasteiger partial charge in [0.15, 0.2) is 5.82 Å². The summed E-state index contributed by atoms with van der Waals surface area (Å²) in [6, 6.07) is 5.89. The topological polar surface area (TPSA) is 61.0 Å². The monoisotopic (exact) mass is 257 g/mol. The standard InChI is InChI=1S/C15H19N3O/c1-5-12-10(3)17-15(18-14(12)16)11-6-7-13(19-4)9(2)8-11/h6-8H,5H2,1-4H3,(H2,16,17,18). The van der Waals surface area contributed by atoms with Gasteiger partial charge in [0.1, 0.15) is 11.6 Å². The van der Waals surface area contributed by atoms with E-state index in [9.17, 15) is 0 Å². The molecule has 4 nitrogen and oxygen atoms in total. The van der Waals surface area contributed by atoms with E-state index in [4.69, 9.17) is 10.5 Å². The number of aryl methyl sites for hydroxylation is 2. The van der Waals surface area contributed by atoms with Crippen LogP contribution in [0.5, 0.6) is 5.75 Å². The molecule has 0 unspecified atom stereocenters. The Balaban J connectivity index is 2.50. The molecule has 0 aliphatic heterocycles. The van der Waals surface area contributed by atoms with E-state index in [0.717, 1.165) is 34.6 Å². The van der Waals surface area contributed by atoms with Crippen LogP contribution in [0.2, 0.25) is 0 Å². The van der Waals surface area contributed by atoms with Gasteiger partial charge in [0.25, 0.3) is 0 Å². The number of benzene rings is 1. The van der Waals surface area contributed by atoms with Crippen molar-refractivity contribution >= 4 is 5.82 Å². The molecule has 0 aliphatic rings. The van der Waals surface area contributed by atoms with Gasteiger partial charge in [0, 0.05) is 16.8 Å². The van der Waals surface area contributed by atoms with Crippen molar-refractivity contribution in [2.45, 2.75) is 27.2 Å². The predicted octanol–water partition coefficient (Wildman–Crippen LogP) is 2.91. The summed E-state index contributed by atoms with van der Waals surface area (Å²) in [6.45, 7) is 6.02. The minimum Gasteiger partial charge on any atom is -0.496 e. The molecule has 1 aromatic carbocycles. The van der Waals surface area contributed by atoms with E-state index in [1.807, 2.05) is 32.0 Å². The quantitative estimate of drug-likeness (QED) is 0.918. The Hall–Kier alpha value is -2.10. The van der Waals surface area contributed by atoms with Gasteiger partial charge < -0.3 is 10.5 Å². The van der Waals surface area contributed by atoms with Crippen molar-refractivity contribution in [2.24, 2.45) is 0 Å². The smallest absolute Gasteiger partial charge is 0.161 e. The number of hydrogen-bond donors (Lipinski definition) is 1. The molecule has 2 rings (SSSR count). The Bertz CT molecular complexity index is 585. The number of nitrogens with zero attached hydrogens (tertiary/aromatic N) is 2. The number of ether oxygens (including phenoxy) is 1. The Labute approximate surface area is 113 Å². The van der Waals surface area contributed by atoms with Crippen LogP contribution in [0.25, 0.3) is 11.4 Å². The zero-order chi connectivity index (χ0) is 14.0. The molecule has 19 heavy (non-hydrogen) atoms. The second kappa shape index (κ2) is 5.26. The van der Waals surface area contributed by atoms with Crippen LogP contribution in [-0.2, 0) is 6.42 Å². The number of methoxy groups -OCH3 is 1. The lowest BCUT2D eigenvalue weighted by Crippen LogP contribution is -2.04. The molecule has 2 N–H and O–H groups in total. The summed E-state index contributed by atoms with van der Waals surface area (Å²) in [4.78, 5) is 8.94. The molecule has 0 saturated heterocycles. The lowest BCUT2D eigenvalue weighted by molar-refractivity contribution is 0.412. The van der Waals surface area contributed by atoms with Crippen LogP contribution >= 0.6 is 0 Å². The van der Waals surface area contributed by atoms with Gasteiger partial charge in [-0.1, -0.05) is 6.92 Å². The van der Waals surface area contributed by atoms with Crippen LogP contribution in [0, 0.1) is 13.8 Å². The molecule has 0 fully saturated rings. The number of nitrogens with two attached hydrogens (primary N) is 1. The van der Waals surface area contributed by atoms with Crippen LogP contribution in [0.3, 0.4) is 0 Å². The summed E-state index contributed by atoms with van der Waals surface area (Å²) in [7, 11) is 1.66. The molecule has 0 radical (unpaired) electrons. The maximum atomic E-state index is 5.99. The van der Waals surface area contributed by atoms with E-state index in [-0.39, 0.29) is 0 Å². The maximum Gasteiger partial charge on any atom is 0.161 e. The molecular formula is C15H19N3O. The van der Waals surface area contributed by atoms with E-state index in [1.54, 1.807) is 7.11 Å². The first-order valence-corrected chi connectivity index (χ1v) is 6.34. The Morgan fingerprint density at radius 1 is 1.21 bits per heavy atom. The van der Waals surface area contributed by atoms with Gasteiger partial charge in [-0.05, 0) is 44.0 Å². The van der Waals surface area contributed by atoms with Gasteiger partial charge >= 0.3 is 0 Å². The summed E-state index contributed by atoms with van der Waals surface area (Å²) >= 11 is 0. The van der Waals surface area contributed by atoms with E-state index in [1.165, 1.54) is 0 Å². The summed E-state index contributed by atoms with van der Waals surface area (Å²) in [6.07, 6.45) is 0.847. The first-order valence-electron chi connectivity index (χ1n) is 6.34. The van der Waals surface area contributed by atoms with Crippen LogP contribution in [0.15, 0.2) is 18.2 Å². The van der Waals surface area contributed by atoms with Crippen molar-refractivity contribution in [3.05, 3.63) is 35.0 Å². The van der Waals surface area contributed by atoms with E-state index in [0.29, 0.717) is 11.6 Å². The molecule has 4 heteroatoms. The number of nitrogen functional groups attached to an aromatic ring is 1. The summed E-state index contributed by atoms with van der Waals surface area (Å²) in [5.41, 5.74) is 9.96. The normalized spacial score (nSPS) is 10.5. The molecule has 2 aromatic rings. The molecule has 0 saturated carbocycles. The van der Waals surface area contributed by atoms with Crippen molar-refractivity contribution in [3.63, 3.8) is 0 Å². The van der Waals surface area contributed by atoms with Gasteiger partial charge in [0.05, 0.1) is 7.11 Å². The Morgan fingerprint density at radius 3 is 2.47 bits per heavy atom. The fourth-order valence-electron chi connectivity index (χ4n) is 2.20. The highest BCUT2D eigenvalue weighted by molar-refractivity contribution is 5.61. The molecule has 0 bridgehead atoms. The summed E-state index contributed by atoms with van der Waals surface area (Å²) < 4.78 is 5.25. The van der Waals surface area contributed by atoms with Crippen LogP contribution < -0.4 is 10.5 Å². The van der Waals surface area contributed by atoms with Crippen molar-refractivity contribution < 1.29 is 4.74 Å². The van der Waals surface area contributed by atoms with Gasteiger partial charge in [-0.3, -0.25) is 0 Å². The lowest BCUT2D eigenvalue weighted by Gasteiger charge is -2.10. The minimum absolute atomic E-state index is 0.568. The third kappa shape index (κ3) is 2.52. The Morgan fingerprint density at radius 2 is 1.95 bits per heavy atom. The van der Waals surface area contributed by atoms with Crippen molar-refractivity contribution in [2.75, 3.05) is 12.8 Å². The van der Waals surface area contributed by atoms with Crippen molar-refractivity contribution in [1.82, 2.24) is 9.97 Å². The Kier molecular flexibility index (Phi) is 3.69. The molecule has 0 amide bonds. The van der Waals surface area contributed by atoms with Crippen LogP contribution in [0.1, 0.15) is 23.7 Å². The highest BCUT2D eigenvalue weighted by Gasteiger charge is 2.10. The van der Waals surface area contributed by atoms with Crippen LogP contribution in [0.4, 0.5) is 5.82 Å². The third-order valence-electron chi connectivity index (χ3n) is 3.25. The van der Waals surface area contributed by atoms with Gasteiger partial charge in [0.2, 0.25) is 0 Å². The SMILES string of the molecule is CCc1c(C)nc(-c2ccc(OC)c(C)c2)nc1N. The second-order valence-electron chi connectivity index (χ2n) is 4.53. The average molecular weight is 257 g/mol. The zero-order valence-corrected chi connectivity index (χ0v) is 11.8. The highest BCUT2D eigenvalue weighted by Crippen LogP contribution is 2.25. The lowest BCUT2D eigenvalue weighted by atomic mass is 10.1. The number of rotatable bonds is 3. The van der Waals surface area contributed by atoms with E-state index >= 15 is 0 Å². The predicted molar refractivity (Wildman–Crippen MR) is 77.3 cm³/mol. The van der Waals surface area contributed by atoms with Gasteiger partial charge in [-0.2, -0.15) is 0 Å². The molecule has 0 spiro atoms. The van der Waals surface area contributed by atoms with Crippen LogP contribution in [-0.4, -0.2) is 17.1 Å². The molecule has 0 atom stereocenters. The highest BCUT2D eigenvalue weighted by atomic mass is 16.5. The van der Waals surface area contributed by atoms with Crippen molar-refractivity contribution in [3.8, 4) is 17.1 Å². The molecule has 1 heterocycles. The fourth-order valence-corrected chi connectivity index (χ4v) is 2.20. The fraction of sp³-hybridized carbons (Fsp3) is 0.333. The first kappa shape index (κ1) is 13.3. The second-order valence-corrected chi connectivity index (χ2v) is 4.53. The molecule has 0 aliphatic carbocycles. The average Bonchev–Trinajstić information content (AvgIpc) is 2.38. The molecule has 100 valence electrons. The summed E-state index contributed by atoms with van der Waals surface area (Å²) in [5.74, 6) is 2.09. The number of aromatic nitrogens is 2. The largest absolute Gasteiger partial charge is 0.496 e. The molecule has 1 aromatic heterocycles. The summed E-state index contributed by atoms with van der Waals surface area (Å²) in [5, 5.41) is 0. The van der Waals surface area contributed by atoms with Gasteiger partial charge in [-0.15, -0.1) is 0 Å². The zero-order valence-electron chi connectivity index (χ0n) is 11.8. The number of hydrogen-bond acceptors (Lipinski definition) is 4. The first-order chi connectivity index (χ1) is 9.06. The van der Waals surface area contributed by atoms with E-state index < -0.39 is 0 Å². The molecular weight excluding hydrogens is 238 g/mol. The van der Waals surface area contributed by atoms with Gasteiger partial charge in [-0.25, -0.2) is 9.97 Å². The third-order valence-corrected chi connectivity index (χ3v) is 3.25. The maximum absolute atomic E-state index is 5.99. The number of anilines is 1. The van der Waals surface area contributed by atoms with E-state index in [2.05, 4.69) is 16.9 Å². The van der Waals surface area contributed by atoms with Crippen molar-refractivity contribution in [1.29, 1.82) is 0 Å².